The molecule has 3 aromatic rings. The molecule has 0 saturated carbocycles. The van der Waals surface area contributed by atoms with Crippen LogP contribution in [0.1, 0.15) is 36.7 Å². The van der Waals surface area contributed by atoms with Gasteiger partial charge in [0, 0.05) is 49.4 Å². The summed E-state index contributed by atoms with van der Waals surface area (Å²) in [5.41, 5.74) is -0.870. The van der Waals surface area contributed by atoms with Gasteiger partial charge in [-0.2, -0.15) is 0 Å². The normalized spacial score (nSPS) is 13.3. The number of imidazole rings is 1. The van der Waals surface area contributed by atoms with Crippen LogP contribution in [0.15, 0.2) is 67.3 Å². The molecule has 1 aromatic carbocycles. The van der Waals surface area contributed by atoms with E-state index in [0.29, 0.717) is 30.1 Å². The van der Waals surface area contributed by atoms with Gasteiger partial charge in [0.05, 0.1) is 0 Å². The van der Waals surface area contributed by atoms with Crippen LogP contribution in [0, 0.1) is 0 Å². The van der Waals surface area contributed by atoms with Gasteiger partial charge >= 0.3 is 0 Å². The lowest BCUT2D eigenvalue weighted by Gasteiger charge is -2.27. The maximum atomic E-state index is 13.0. The topological polar surface area (TPSA) is 80.0 Å². The maximum absolute atomic E-state index is 13.0. The third-order valence-corrected chi connectivity index (χ3v) is 4.50. The zero-order chi connectivity index (χ0) is 19.3. The van der Waals surface area contributed by atoms with Gasteiger partial charge in [0.25, 0.3) is 5.91 Å². The minimum absolute atomic E-state index is 0.298. The number of amides is 1. The molecule has 3 rings (SSSR count). The second-order valence-electron chi connectivity index (χ2n) is 6.71. The van der Waals surface area contributed by atoms with E-state index in [4.69, 9.17) is 0 Å². The Hall–Kier alpha value is -2.99. The average Bonchev–Trinajstić information content (AvgIpc) is 3.17. The van der Waals surface area contributed by atoms with E-state index in [1.807, 2.05) is 16.8 Å². The van der Waals surface area contributed by atoms with E-state index in [1.165, 1.54) is 6.20 Å². The SMILES string of the molecule is CC(C)c1nccn1CCNC(=O)C(O)(c1ccccc1)c1cccnc1. The molecular weight excluding hydrogens is 340 g/mol. The summed E-state index contributed by atoms with van der Waals surface area (Å²) in [4.78, 5) is 21.4. The summed E-state index contributed by atoms with van der Waals surface area (Å²) in [6.45, 7) is 5.11. The second kappa shape index (κ2) is 8.14. The molecule has 0 fully saturated rings. The van der Waals surface area contributed by atoms with E-state index in [2.05, 4.69) is 29.1 Å². The van der Waals surface area contributed by atoms with Crippen LogP contribution >= 0.6 is 0 Å². The smallest absolute Gasteiger partial charge is 0.261 e. The third-order valence-electron chi connectivity index (χ3n) is 4.50. The molecule has 0 saturated heterocycles. The lowest BCUT2D eigenvalue weighted by atomic mass is 9.86. The summed E-state index contributed by atoms with van der Waals surface area (Å²) in [5, 5.41) is 14.2. The first-order chi connectivity index (χ1) is 13.0. The van der Waals surface area contributed by atoms with Gasteiger partial charge < -0.3 is 15.0 Å². The fourth-order valence-electron chi connectivity index (χ4n) is 3.11. The Balaban J connectivity index is 1.79. The number of aliphatic hydroxyl groups is 1. The summed E-state index contributed by atoms with van der Waals surface area (Å²) in [6, 6.07) is 12.3. The molecule has 6 nitrogen and oxygen atoms in total. The Kier molecular flexibility index (Phi) is 5.66. The van der Waals surface area contributed by atoms with Crippen LogP contribution in [-0.2, 0) is 16.9 Å². The molecule has 0 aliphatic rings. The fraction of sp³-hybridized carbons (Fsp3) is 0.286. The highest BCUT2D eigenvalue weighted by Crippen LogP contribution is 2.29. The molecule has 1 atom stereocenters. The minimum atomic E-state index is -1.80. The first-order valence-corrected chi connectivity index (χ1v) is 9.01. The molecule has 2 N–H and O–H groups in total. The Morgan fingerprint density at radius 3 is 2.56 bits per heavy atom. The number of carbonyl (C=O) groups is 1. The van der Waals surface area contributed by atoms with Gasteiger partial charge in [0.1, 0.15) is 5.82 Å². The Labute approximate surface area is 158 Å². The highest BCUT2D eigenvalue weighted by molar-refractivity contribution is 5.89. The molecule has 2 heterocycles. The molecular formula is C21H24N4O2. The quantitative estimate of drug-likeness (QED) is 0.675. The lowest BCUT2D eigenvalue weighted by molar-refractivity contribution is -0.136. The van der Waals surface area contributed by atoms with Crippen LogP contribution in [0.4, 0.5) is 0 Å². The van der Waals surface area contributed by atoms with Crippen molar-refractivity contribution in [1.82, 2.24) is 19.9 Å². The molecule has 1 amide bonds. The van der Waals surface area contributed by atoms with Crippen LogP contribution in [0.25, 0.3) is 0 Å². The van der Waals surface area contributed by atoms with Gasteiger partial charge in [-0.15, -0.1) is 0 Å². The molecule has 6 heteroatoms. The molecule has 0 aliphatic heterocycles. The van der Waals surface area contributed by atoms with Crippen molar-refractivity contribution in [3.8, 4) is 0 Å². The van der Waals surface area contributed by atoms with Crippen molar-refractivity contribution in [2.75, 3.05) is 6.54 Å². The number of nitrogens with zero attached hydrogens (tertiary/aromatic N) is 3. The first-order valence-electron chi connectivity index (χ1n) is 9.01. The largest absolute Gasteiger partial charge is 0.372 e. The van der Waals surface area contributed by atoms with Gasteiger partial charge in [-0.1, -0.05) is 50.2 Å². The third kappa shape index (κ3) is 3.90. The first kappa shape index (κ1) is 18.8. The van der Waals surface area contributed by atoms with Crippen molar-refractivity contribution >= 4 is 5.91 Å². The van der Waals surface area contributed by atoms with E-state index in [0.717, 1.165) is 5.82 Å². The molecule has 2 aromatic heterocycles. The molecule has 0 radical (unpaired) electrons. The number of aromatic nitrogens is 3. The predicted molar refractivity (Wildman–Crippen MR) is 103 cm³/mol. The van der Waals surface area contributed by atoms with E-state index in [1.54, 1.807) is 48.8 Å². The van der Waals surface area contributed by atoms with Crippen LogP contribution in [0.5, 0.6) is 0 Å². The standard InChI is InChI=1S/C21H24N4O2/c1-16(2)19-23-11-13-25(19)14-12-24-20(26)21(27,17-7-4-3-5-8-17)18-9-6-10-22-15-18/h3-11,13,15-16,27H,12,14H2,1-2H3,(H,24,26). The Bertz CT molecular complexity index is 836. The molecule has 140 valence electrons. The van der Waals surface area contributed by atoms with Gasteiger partial charge in [-0.25, -0.2) is 4.98 Å². The summed E-state index contributed by atoms with van der Waals surface area (Å²) in [6.07, 6.45) is 6.78. The summed E-state index contributed by atoms with van der Waals surface area (Å²) >= 11 is 0. The molecule has 0 bridgehead atoms. The summed E-state index contributed by atoms with van der Waals surface area (Å²) in [7, 11) is 0. The van der Waals surface area contributed by atoms with Crippen molar-refractivity contribution in [1.29, 1.82) is 0 Å². The highest BCUT2D eigenvalue weighted by Gasteiger charge is 2.39. The predicted octanol–water partition coefficient (Wildman–Crippen LogP) is 2.45. The highest BCUT2D eigenvalue weighted by atomic mass is 16.3. The Morgan fingerprint density at radius 2 is 1.89 bits per heavy atom. The van der Waals surface area contributed by atoms with Crippen LogP contribution in [0.2, 0.25) is 0 Å². The average molecular weight is 364 g/mol. The number of nitrogens with one attached hydrogen (secondary N) is 1. The molecule has 0 spiro atoms. The summed E-state index contributed by atoms with van der Waals surface area (Å²) in [5.74, 6) is 0.787. The van der Waals surface area contributed by atoms with Crippen molar-refractivity contribution in [3.63, 3.8) is 0 Å². The van der Waals surface area contributed by atoms with Gasteiger partial charge in [0.2, 0.25) is 0 Å². The van der Waals surface area contributed by atoms with E-state index < -0.39 is 11.5 Å². The maximum Gasteiger partial charge on any atom is 0.261 e. The van der Waals surface area contributed by atoms with Crippen molar-refractivity contribution in [3.05, 3.63) is 84.2 Å². The zero-order valence-electron chi connectivity index (χ0n) is 15.5. The number of benzene rings is 1. The lowest BCUT2D eigenvalue weighted by Crippen LogP contribution is -2.46. The Morgan fingerprint density at radius 1 is 1.15 bits per heavy atom. The number of hydrogen-bond donors (Lipinski definition) is 2. The van der Waals surface area contributed by atoms with Crippen molar-refractivity contribution in [2.24, 2.45) is 0 Å². The van der Waals surface area contributed by atoms with Crippen molar-refractivity contribution in [2.45, 2.75) is 31.9 Å². The zero-order valence-corrected chi connectivity index (χ0v) is 15.5. The van der Waals surface area contributed by atoms with Gasteiger partial charge in [0.15, 0.2) is 5.60 Å². The van der Waals surface area contributed by atoms with Crippen LogP contribution in [0.3, 0.4) is 0 Å². The number of carbonyl (C=O) groups excluding carboxylic acids is 1. The summed E-state index contributed by atoms with van der Waals surface area (Å²) < 4.78 is 2.01. The number of hydrogen-bond acceptors (Lipinski definition) is 4. The van der Waals surface area contributed by atoms with E-state index >= 15 is 0 Å². The fourth-order valence-corrected chi connectivity index (χ4v) is 3.11. The molecule has 27 heavy (non-hydrogen) atoms. The minimum Gasteiger partial charge on any atom is -0.372 e. The van der Waals surface area contributed by atoms with Crippen molar-refractivity contribution < 1.29 is 9.90 Å². The van der Waals surface area contributed by atoms with Crippen LogP contribution < -0.4 is 5.32 Å². The second-order valence-corrected chi connectivity index (χ2v) is 6.71. The van der Waals surface area contributed by atoms with Gasteiger partial charge in [-0.3, -0.25) is 9.78 Å². The van der Waals surface area contributed by atoms with E-state index in [-0.39, 0.29) is 0 Å². The molecule has 0 aliphatic carbocycles. The molecule has 1 unspecified atom stereocenters. The van der Waals surface area contributed by atoms with E-state index in [9.17, 15) is 9.90 Å². The monoisotopic (exact) mass is 364 g/mol. The number of rotatable bonds is 7. The van der Waals surface area contributed by atoms with Gasteiger partial charge in [-0.05, 0) is 11.6 Å². The van der Waals surface area contributed by atoms with Crippen LogP contribution in [-0.4, -0.2) is 32.1 Å². The number of pyridine rings is 1.